The van der Waals surface area contributed by atoms with Crippen LogP contribution in [0.5, 0.6) is 0 Å². The molecule has 5 nitrogen and oxygen atoms in total. The van der Waals surface area contributed by atoms with Crippen LogP contribution in [0.25, 0.3) is 0 Å². The second kappa shape index (κ2) is 5.18. The van der Waals surface area contributed by atoms with Crippen LogP contribution in [-0.4, -0.2) is 21.4 Å². The van der Waals surface area contributed by atoms with Gasteiger partial charge in [-0.05, 0) is 13.0 Å². The van der Waals surface area contributed by atoms with Gasteiger partial charge in [-0.1, -0.05) is 6.92 Å². The second-order valence-electron chi connectivity index (χ2n) is 3.58. The Balaban J connectivity index is 2.92. The molecule has 1 aromatic carbocycles. The van der Waals surface area contributed by atoms with Crippen LogP contribution in [0.2, 0.25) is 0 Å². The van der Waals surface area contributed by atoms with Crippen molar-refractivity contribution in [1.82, 2.24) is 0 Å². The van der Waals surface area contributed by atoms with Gasteiger partial charge in [0.2, 0.25) is 0 Å². The molecule has 2 atom stereocenters. The Morgan fingerprint density at radius 1 is 1.44 bits per heavy atom. The lowest BCUT2D eigenvalue weighted by Crippen LogP contribution is -2.14. The number of nitrogen functional groups attached to an aromatic ring is 1. The number of nitro groups is 1. The average Bonchev–Trinajstić information content (AvgIpc) is 2.16. The maximum absolute atomic E-state index is 10.6. The van der Waals surface area contributed by atoms with Crippen molar-refractivity contribution in [3.8, 4) is 0 Å². The zero-order chi connectivity index (χ0) is 12.3. The monoisotopic (exact) mass is 242 g/mol. The molecule has 0 fully saturated rings. The van der Waals surface area contributed by atoms with Crippen LogP contribution in [-0.2, 0) is 0 Å². The third-order valence-electron chi connectivity index (χ3n) is 2.13. The van der Waals surface area contributed by atoms with Gasteiger partial charge in [0.05, 0.1) is 11.0 Å². The summed E-state index contributed by atoms with van der Waals surface area (Å²) >= 11 is 1.36. The Hall–Kier alpha value is -1.27. The van der Waals surface area contributed by atoms with Crippen molar-refractivity contribution in [2.45, 2.75) is 30.1 Å². The van der Waals surface area contributed by atoms with Crippen LogP contribution in [0.1, 0.15) is 13.8 Å². The first-order valence-electron chi connectivity index (χ1n) is 4.80. The summed E-state index contributed by atoms with van der Waals surface area (Å²) < 4.78 is 0. The Morgan fingerprint density at radius 2 is 2.06 bits per heavy atom. The minimum Gasteiger partial charge on any atom is -0.398 e. The summed E-state index contributed by atoms with van der Waals surface area (Å²) in [5.41, 5.74) is 5.90. The highest BCUT2D eigenvalue weighted by Gasteiger charge is 2.14. The largest absolute Gasteiger partial charge is 0.398 e. The van der Waals surface area contributed by atoms with Crippen molar-refractivity contribution in [2.75, 3.05) is 5.73 Å². The van der Waals surface area contributed by atoms with E-state index in [0.29, 0.717) is 10.6 Å². The second-order valence-corrected chi connectivity index (χ2v) is 5.03. The molecule has 0 aliphatic rings. The molecule has 3 N–H and O–H groups in total. The molecule has 16 heavy (non-hydrogen) atoms. The molecule has 1 aromatic rings. The number of rotatable bonds is 4. The van der Waals surface area contributed by atoms with Crippen LogP contribution in [0.3, 0.4) is 0 Å². The number of benzene rings is 1. The van der Waals surface area contributed by atoms with E-state index in [0.717, 1.165) is 0 Å². The van der Waals surface area contributed by atoms with E-state index >= 15 is 0 Å². The van der Waals surface area contributed by atoms with Gasteiger partial charge in [-0.3, -0.25) is 10.1 Å². The minimum atomic E-state index is -0.481. The number of non-ortho nitro benzene ring substituents is 1. The van der Waals surface area contributed by atoms with Gasteiger partial charge >= 0.3 is 0 Å². The molecule has 0 bridgehead atoms. The Labute approximate surface area is 97.8 Å². The van der Waals surface area contributed by atoms with Crippen LogP contribution >= 0.6 is 11.8 Å². The summed E-state index contributed by atoms with van der Waals surface area (Å²) in [4.78, 5) is 10.8. The average molecular weight is 242 g/mol. The normalized spacial score (nSPS) is 14.4. The number of nitro benzene ring substituents is 1. The third kappa shape index (κ3) is 3.39. The van der Waals surface area contributed by atoms with Gasteiger partial charge in [0.15, 0.2) is 0 Å². The van der Waals surface area contributed by atoms with Crippen molar-refractivity contribution in [3.05, 3.63) is 28.3 Å². The van der Waals surface area contributed by atoms with E-state index in [1.807, 2.05) is 6.92 Å². The molecule has 0 saturated heterocycles. The molecule has 0 heterocycles. The van der Waals surface area contributed by atoms with Crippen LogP contribution in [0.15, 0.2) is 23.1 Å². The first-order valence-corrected chi connectivity index (χ1v) is 5.68. The van der Waals surface area contributed by atoms with Crippen molar-refractivity contribution < 1.29 is 10.0 Å². The maximum Gasteiger partial charge on any atom is 0.272 e. The summed E-state index contributed by atoms with van der Waals surface area (Å²) in [6.07, 6.45) is -0.481. The fourth-order valence-electron chi connectivity index (χ4n) is 1.09. The molecular weight excluding hydrogens is 228 g/mol. The number of hydrogen-bond donors (Lipinski definition) is 2. The first-order chi connectivity index (χ1) is 7.40. The van der Waals surface area contributed by atoms with E-state index in [1.165, 1.54) is 23.9 Å². The number of thioether (sulfide) groups is 1. The van der Waals surface area contributed by atoms with Gasteiger partial charge in [-0.2, -0.15) is 0 Å². The fourth-order valence-corrected chi connectivity index (χ4v) is 2.11. The van der Waals surface area contributed by atoms with Gasteiger partial charge in [-0.15, -0.1) is 11.8 Å². The highest BCUT2D eigenvalue weighted by atomic mass is 32.2. The summed E-state index contributed by atoms with van der Waals surface area (Å²) in [5.74, 6) is 0. The highest BCUT2D eigenvalue weighted by molar-refractivity contribution is 8.00. The van der Waals surface area contributed by atoms with E-state index in [1.54, 1.807) is 13.0 Å². The molecule has 88 valence electrons. The molecule has 0 aliphatic heterocycles. The quantitative estimate of drug-likeness (QED) is 0.365. The Kier molecular flexibility index (Phi) is 4.14. The smallest absolute Gasteiger partial charge is 0.272 e. The Bertz CT molecular complexity index is 396. The molecule has 6 heteroatoms. The molecule has 0 amide bonds. The number of aliphatic hydroxyl groups excluding tert-OH is 1. The number of nitrogens with zero attached hydrogens (tertiary/aromatic N) is 1. The lowest BCUT2D eigenvalue weighted by molar-refractivity contribution is -0.385. The van der Waals surface area contributed by atoms with Crippen LogP contribution in [0, 0.1) is 10.1 Å². The number of aliphatic hydroxyl groups is 1. The lowest BCUT2D eigenvalue weighted by Gasteiger charge is -2.13. The maximum atomic E-state index is 10.6. The highest BCUT2D eigenvalue weighted by Crippen LogP contribution is 2.30. The van der Waals surface area contributed by atoms with Gasteiger partial charge in [0.1, 0.15) is 0 Å². The van der Waals surface area contributed by atoms with Gasteiger partial charge < -0.3 is 10.8 Å². The molecule has 0 aromatic heterocycles. The molecule has 0 saturated carbocycles. The zero-order valence-electron chi connectivity index (χ0n) is 9.08. The minimum absolute atomic E-state index is 0.0275. The van der Waals surface area contributed by atoms with E-state index in [2.05, 4.69) is 0 Å². The predicted molar refractivity (Wildman–Crippen MR) is 64.5 cm³/mol. The topological polar surface area (TPSA) is 89.4 Å². The molecule has 1 rings (SSSR count). The lowest BCUT2D eigenvalue weighted by atomic mass is 10.3. The Morgan fingerprint density at radius 3 is 2.56 bits per heavy atom. The SMILES string of the molecule is CC(O)C(C)Sc1cc(N)cc([N+](=O)[O-])c1. The van der Waals surface area contributed by atoms with E-state index in [9.17, 15) is 15.2 Å². The molecular formula is C10H14N2O3S. The van der Waals surface area contributed by atoms with Crippen LogP contribution in [0.4, 0.5) is 11.4 Å². The zero-order valence-corrected chi connectivity index (χ0v) is 9.90. The summed E-state index contributed by atoms with van der Waals surface area (Å²) in [7, 11) is 0. The van der Waals surface area contributed by atoms with Crippen molar-refractivity contribution in [1.29, 1.82) is 0 Å². The molecule has 0 radical (unpaired) electrons. The molecule has 0 spiro atoms. The number of nitrogens with two attached hydrogens (primary N) is 1. The molecule has 0 aliphatic carbocycles. The fraction of sp³-hybridized carbons (Fsp3) is 0.400. The van der Waals surface area contributed by atoms with Crippen molar-refractivity contribution in [2.24, 2.45) is 0 Å². The standard InChI is InChI=1S/C10H14N2O3S/c1-6(13)7(2)16-10-4-8(11)3-9(5-10)12(14)15/h3-7,13H,11H2,1-2H3. The van der Waals surface area contributed by atoms with Gasteiger partial charge in [0, 0.05) is 28.0 Å². The first kappa shape index (κ1) is 12.8. The van der Waals surface area contributed by atoms with Crippen LogP contribution < -0.4 is 5.73 Å². The molecule has 2 unspecified atom stereocenters. The summed E-state index contributed by atoms with van der Waals surface area (Å²) in [6.45, 7) is 3.53. The van der Waals surface area contributed by atoms with E-state index < -0.39 is 11.0 Å². The third-order valence-corrected chi connectivity index (χ3v) is 3.40. The van der Waals surface area contributed by atoms with Crippen molar-refractivity contribution in [3.63, 3.8) is 0 Å². The predicted octanol–water partition coefficient (Wildman–Crippen LogP) is 2.04. The summed E-state index contributed by atoms with van der Waals surface area (Å²) in [5, 5.41) is 19.9. The van der Waals surface area contributed by atoms with E-state index in [4.69, 9.17) is 5.73 Å². The van der Waals surface area contributed by atoms with Crippen molar-refractivity contribution >= 4 is 23.1 Å². The number of anilines is 1. The van der Waals surface area contributed by atoms with Gasteiger partial charge in [-0.25, -0.2) is 0 Å². The van der Waals surface area contributed by atoms with E-state index in [-0.39, 0.29) is 10.9 Å². The number of hydrogen-bond acceptors (Lipinski definition) is 5. The van der Waals surface area contributed by atoms with Gasteiger partial charge in [0.25, 0.3) is 5.69 Å². The summed E-state index contributed by atoms with van der Waals surface area (Å²) in [6, 6.07) is 4.44.